The maximum Gasteiger partial charge on any atom is 0.163 e. The summed E-state index contributed by atoms with van der Waals surface area (Å²) in [5.41, 5.74) is 7.86. The number of benzene rings is 1. The van der Waals surface area contributed by atoms with Gasteiger partial charge >= 0.3 is 0 Å². The van der Waals surface area contributed by atoms with Crippen LogP contribution in [0.5, 0.6) is 0 Å². The molecule has 0 fully saturated rings. The number of nitrogen functional groups attached to an aromatic ring is 1. The number of carbonyl (C=O) groups excluding carboxylic acids is 1. The summed E-state index contributed by atoms with van der Waals surface area (Å²) >= 11 is 0. The molecule has 0 aromatic heterocycles. The van der Waals surface area contributed by atoms with Gasteiger partial charge in [-0.3, -0.25) is 10.2 Å². The molecule has 17 heavy (non-hydrogen) atoms. The number of nitrogens with two attached hydrogens (primary N) is 1. The van der Waals surface area contributed by atoms with Gasteiger partial charge in [-0.15, -0.1) is 0 Å². The standard InChI is InChI=1S/C14H14N2O/c15-14(16)12-7-5-10(6-8-12)9-13(17)11-3-1-2-4-11/h1-3,5-8H,4,9H2,(H3,15,16). The van der Waals surface area contributed by atoms with E-state index >= 15 is 0 Å². The van der Waals surface area contributed by atoms with Crippen molar-refractivity contribution in [3.8, 4) is 0 Å². The topological polar surface area (TPSA) is 66.9 Å². The molecule has 3 heteroatoms. The number of hydrogen-bond acceptors (Lipinski definition) is 2. The van der Waals surface area contributed by atoms with Gasteiger partial charge in [-0.05, 0) is 17.6 Å². The zero-order valence-electron chi connectivity index (χ0n) is 9.44. The van der Waals surface area contributed by atoms with Gasteiger partial charge in [-0.25, -0.2) is 0 Å². The van der Waals surface area contributed by atoms with Crippen molar-refractivity contribution >= 4 is 11.6 Å². The summed E-state index contributed by atoms with van der Waals surface area (Å²) in [4.78, 5) is 11.9. The van der Waals surface area contributed by atoms with Gasteiger partial charge in [0.1, 0.15) is 5.84 Å². The van der Waals surface area contributed by atoms with Crippen molar-refractivity contribution in [3.63, 3.8) is 0 Å². The first-order valence-electron chi connectivity index (χ1n) is 5.49. The molecule has 2 rings (SSSR count). The van der Waals surface area contributed by atoms with Crippen molar-refractivity contribution in [2.24, 2.45) is 5.73 Å². The average molecular weight is 226 g/mol. The summed E-state index contributed by atoms with van der Waals surface area (Å²) in [7, 11) is 0. The largest absolute Gasteiger partial charge is 0.384 e. The lowest BCUT2D eigenvalue weighted by Crippen LogP contribution is -2.11. The first-order chi connectivity index (χ1) is 8.16. The number of rotatable bonds is 4. The minimum atomic E-state index is 0.0468. The normalized spacial score (nSPS) is 13.5. The van der Waals surface area contributed by atoms with Crippen LogP contribution in [0.3, 0.4) is 0 Å². The Balaban J connectivity index is 2.04. The van der Waals surface area contributed by atoms with Gasteiger partial charge in [0.15, 0.2) is 5.78 Å². The molecule has 0 unspecified atom stereocenters. The van der Waals surface area contributed by atoms with Crippen LogP contribution in [0.1, 0.15) is 17.5 Å². The van der Waals surface area contributed by atoms with Crippen LogP contribution in [-0.4, -0.2) is 11.6 Å². The highest BCUT2D eigenvalue weighted by Crippen LogP contribution is 2.14. The fraction of sp³-hybridized carbons (Fsp3) is 0.143. The summed E-state index contributed by atoms with van der Waals surface area (Å²) in [6.45, 7) is 0. The molecule has 0 heterocycles. The van der Waals surface area contributed by atoms with Crippen LogP contribution in [-0.2, 0) is 11.2 Å². The molecule has 0 amide bonds. The van der Waals surface area contributed by atoms with E-state index in [9.17, 15) is 4.79 Å². The second-order valence-corrected chi connectivity index (χ2v) is 4.03. The fourth-order valence-corrected chi connectivity index (χ4v) is 1.76. The lowest BCUT2D eigenvalue weighted by molar-refractivity contribution is -0.115. The first kappa shape index (κ1) is 11.3. The van der Waals surface area contributed by atoms with Crippen LogP contribution in [0, 0.1) is 5.41 Å². The molecule has 0 saturated heterocycles. The van der Waals surface area contributed by atoms with Crippen LogP contribution in [0.15, 0.2) is 48.1 Å². The van der Waals surface area contributed by atoms with E-state index in [4.69, 9.17) is 11.1 Å². The highest BCUT2D eigenvalue weighted by atomic mass is 16.1. The smallest absolute Gasteiger partial charge is 0.163 e. The van der Waals surface area contributed by atoms with Crippen molar-refractivity contribution in [3.05, 3.63) is 59.2 Å². The molecule has 0 bridgehead atoms. The molecule has 0 atom stereocenters. The molecule has 86 valence electrons. The van der Waals surface area contributed by atoms with E-state index in [2.05, 4.69) is 0 Å². The second kappa shape index (κ2) is 4.78. The minimum absolute atomic E-state index is 0.0468. The third-order valence-electron chi connectivity index (χ3n) is 2.76. The molecule has 1 aromatic carbocycles. The third kappa shape index (κ3) is 2.69. The van der Waals surface area contributed by atoms with Crippen molar-refractivity contribution in [2.45, 2.75) is 12.8 Å². The SMILES string of the molecule is N=C(N)c1ccc(CC(=O)C2=CC=CC2)cc1. The molecule has 0 aliphatic heterocycles. The van der Waals surface area contributed by atoms with E-state index in [1.165, 1.54) is 0 Å². The Morgan fingerprint density at radius 2 is 2.00 bits per heavy atom. The number of Topliss-reactive ketones (excluding diaryl/α,β-unsaturated/α-hetero) is 1. The average Bonchev–Trinajstić information content (AvgIpc) is 2.83. The summed E-state index contributed by atoms with van der Waals surface area (Å²) in [6.07, 6.45) is 6.90. The zero-order valence-corrected chi connectivity index (χ0v) is 9.44. The Morgan fingerprint density at radius 1 is 1.29 bits per heavy atom. The van der Waals surface area contributed by atoms with E-state index in [0.717, 1.165) is 17.6 Å². The number of hydrogen-bond donors (Lipinski definition) is 2. The monoisotopic (exact) mass is 226 g/mol. The second-order valence-electron chi connectivity index (χ2n) is 4.03. The van der Waals surface area contributed by atoms with E-state index in [-0.39, 0.29) is 11.6 Å². The summed E-state index contributed by atoms with van der Waals surface area (Å²) < 4.78 is 0. The predicted octanol–water partition coefficient (Wildman–Crippen LogP) is 1.97. The molecule has 3 nitrogen and oxygen atoms in total. The van der Waals surface area contributed by atoms with Gasteiger partial charge < -0.3 is 5.73 Å². The molecular formula is C14H14N2O. The van der Waals surface area contributed by atoms with E-state index < -0.39 is 0 Å². The lowest BCUT2D eigenvalue weighted by Gasteiger charge is -2.03. The van der Waals surface area contributed by atoms with Gasteiger partial charge in [0.05, 0.1) is 0 Å². The maximum atomic E-state index is 11.9. The Hall–Kier alpha value is -2.16. The number of ketones is 1. The molecular weight excluding hydrogens is 212 g/mol. The van der Waals surface area contributed by atoms with Gasteiger partial charge in [0.25, 0.3) is 0 Å². The third-order valence-corrected chi connectivity index (χ3v) is 2.76. The van der Waals surface area contributed by atoms with E-state index in [0.29, 0.717) is 12.0 Å². The highest BCUT2D eigenvalue weighted by Gasteiger charge is 2.10. The summed E-state index contributed by atoms with van der Waals surface area (Å²) in [5.74, 6) is 0.205. The van der Waals surface area contributed by atoms with Crippen LogP contribution in [0.25, 0.3) is 0 Å². The summed E-state index contributed by atoms with van der Waals surface area (Å²) in [6, 6.07) is 7.23. The highest BCUT2D eigenvalue weighted by molar-refractivity contribution is 5.98. The van der Waals surface area contributed by atoms with Crippen LogP contribution < -0.4 is 5.73 Å². The van der Waals surface area contributed by atoms with Gasteiger partial charge in [0, 0.05) is 12.0 Å². The predicted molar refractivity (Wildman–Crippen MR) is 68.0 cm³/mol. The van der Waals surface area contributed by atoms with Crippen molar-refractivity contribution in [2.75, 3.05) is 0 Å². The Labute approximate surface area is 100 Å². The molecule has 0 spiro atoms. The van der Waals surface area contributed by atoms with E-state index in [1.807, 2.05) is 30.4 Å². The Morgan fingerprint density at radius 3 is 2.53 bits per heavy atom. The first-order valence-corrected chi connectivity index (χ1v) is 5.49. The molecule has 1 aliphatic rings. The Bertz CT molecular complexity index is 510. The minimum Gasteiger partial charge on any atom is -0.384 e. The van der Waals surface area contributed by atoms with Crippen LogP contribution in [0.2, 0.25) is 0 Å². The maximum absolute atomic E-state index is 11.9. The number of carbonyl (C=O) groups is 1. The number of nitrogens with one attached hydrogen (secondary N) is 1. The van der Waals surface area contributed by atoms with Gasteiger partial charge in [0.2, 0.25) is 0 Å². The quantitative estimate of drug-likeness (QED) is 0.609. The van der Waals surface area contributed by atoms with Gasteiger partial charge in [-0.2, -0.15) is 0 Å². The summed E-state index contributed by atoms with van der Waals surface area (Å²) in [5, 5.41) is 7.28. The number of amidine groups is 1. The Kier molecular flexibility index (Phi) is 3.19. The van der Waals surface area contributed by atoms with Crippen molar-refractivity contribution < 1.29 is 4.79 Å². The molecule has 0 saturated carbocycles. The van der Waals surface area contributed by atoms with E-state index in [1.54, 1.807) is 12.1 Å². The zero-order chi connectivity index (χ0) is 12.3. The molecule has 3 N–H and O–H groups in total. The van der Waals surface area contributed by atoms with Crippen LogP contribution in [0.4, 0.5) is 0 Å². The molecule has 1 aliphatic carbocycles. The number of allylic oxidation sites excluding steroid dienone is 4. The lowest BCUT2D eigenvalue weighted by atomic mass is 10.0. The van der Waals surface area contributed by atoms with Crippen LogP contribution >= 0.6 is 0 Å². The van der Waals surface area contributed by atoms with Gasteiger partial charge in [-0.1, -0.05) is 42.5 Å². The molecule has 1 aromatic rings. The molecule has 0 radical (unpaired) electrons. The fourth-order valence-electron chi connectivity index (χ4n) is 1.76. The van der Waals surface area contributed by atoms with Crippen molar-refractivity contribution in [1.29, 1.82) is 5.41 Å². The van der Waals surface area contributed by atoms with Crippen molar-refractivity contribution in [1.82, 2.24) is 0 Å².